The third-order valence-corrected chi connectivity index (χ3v) is 3.94. The Kier molecular flexibility index (Phi) is 5.04. The lowest BCUT2D eigenvalue weighted by Gasteiger charge is -2.42. The van der Waals surface area contributed by atoms with Gasteiger partial charge in [-0.25, -0.2) is 0 Å². The lowest BCUT2D eigenvalue weighted by atomic mass is 9.77. The van der Waals surface area contributed by atoms with Crippen LogP contribution in [-0.4, -0.2) is 18.7 Å². The van der Waals surface area contributed by atoms with Crippen molar-refractivity contribution in [1.82, 2.24) is 5.32 Å². The molecule has 0 spiro atoms. The van der Waals surface area contributed by atoms with Gasteiger partial charge in [0.05, 0.1) is 12.2 Å². The molecule has 0 heterocycles. The third-order valence-electron chi connectivity index (χ3n) is 3.71. The van der Waals surface area contributed by atoms with Gasteiger partial charge in [0.15, 0.2) is 0 Å². The summed E-state index contributed by atoms with van der Waals surface area (Å²) >= 11 is 5.98. The molecule has 0 aliphatic heterocycles. The van der Waals surface area contributed by atoms with Crippen LogP contribution in [0.1, 0.15) is 38.2 Å². The van der Waals surface area contributed by atoms with Gasteiger partial charge in [0.25, 0.3) is 0 Å². The zero-order valence-corrected chi connectivity index (χ0v) is 11.8. The van der Waals surface area contributed by atoms with E-state index in [0.29, 0.717) is 6.61 Å². The Morgan fingerprint density at radius 2 is 2.22 bits per heavy atom. The van der Waals surface area contributed by atoms with E-state index in [1.807, 2.05) is 18.2 Å². The quantitative estimate of drug-likeness (QED) is 0.759. The summed E-state index contributed by atoms with van der Waals surface area (Å²) in [4.78, 5) is 0. The van der Waals surface area contributed by atoms with E-state index >= 15 is 0 Å². The van der Waals surface area contributed by atoms with Crippen molar-refractivity contribution >= 4 is 11.6 Å². The highest BCUT2D eigenvalue weighted by molar-refractivity contribution is 6.30. The summed E-state index contributed by atoms with van der Waals surface area (Å²) in [5.41, 5.74) is 1.28. The molecule has 1 fully saturated rings. The Morgan fingerprint density at radius 1 is 1.39 bits per heavy atom. The number of rotatable bonds is 7. The molecule has 1 N–H and O–H groups in total. The van der Waals surface area contributed by atoms with E-state index in [9.17, 15) is 0 Å². The van der Waals surface area contributed by atoms with E-state index in [1.54, 1.807) is 0 Å². The van der Waals surface area contributed by atoms with Crippen molar-refractivity contribution in [1.29, 1.82) is 0 Å². The summed E-state index contributed by atoms with van der Waals surface area (Å²) in [5, 5.41) is 4.16. The molecule has 0 saturated heterocycles. The minimum absolute atomic E-state index is 0.116. The molecule has 3 heteroatoms. The third kappa shape index (κ3) is 3.71. The molecular formula is C15H22ClNO. The fourth-order valence-corrected chi connectivity index (χ4v) is 2.61. The highest BCUT2D eigenvalue weighted by Crippen LogP contribution is 2.39. The van der Waals surface area contributed by atoms with Crippen molar-refractivity contribution in [3.63, 3.8) is 0 Å². The van der Waals surface area contributed by atoms with Crippen LogP contribution in [0, 0.1) is 0 Å². The molecule has 1 aromatic carbocycles. The molecule has 1 saturated carbocycles. The number of hydrogen-bond acceptors (Lipinski definition) is 2. The molecule has 0 atom stereocenters. The summed E-state index contributed by atoms with van der Waals surface area (Å²) in [6.07, 6.45) is 4.79. The van der Waals surface area contributed by atoms with Gasteiger partial charge in [-0.15, -0.1) is 0 Å². The molecule has 1 aromatic rings. The Labute approximate surface area is 115 Å². The van der Waals surface area contributed by atoms with Crippen LogP contribution in [0.4, 0.5) is 0 Å². The zero-order valence-electron chi connectivity index (χ0n) is 11.0. The van der Waals surface area contributed by atoms with Crippen LogP contribution < -0.4 is 5.32 Å². The van der Waals surface area contributed by atoms with Crippen molar-refractivity contribution in [3.8, 4) is 0 Å². The van der Waals surface area contributed by atoms with E-state index < -0.39 is 0 Å². The van der Waals surface area contributed by atoms with Gasteiger partial charge < -0.3 is 10.1 Å². The van der Waals surface area contributed by atoms with Crippen molar-refractivity contribution in [2.45, 2.75) is 44.8 Å². The van der Waals surface area contributed by atoms with E-state index in [-0.39, 0.29) is 5.60 Å². The van der Waals surface area contributed by atoms with E-state index in [1.165, 1.54) is 19.3 Å². The van der Waals surface area contributed by atoms with Crippen LogP contribution in [0.5, 0.6) is 0 Å². The van der Waals surface area contributed by atoms with Gasteiger partial charge in [-0.05, 0) is 56.5 Å². The average molecular weight is 268 g/mol. The van der Waals surface area contributed by atoms with Gasteiger partial charge >= 0.3 is 0 Å². The molecule has 0 bridgehead atoms. The average Bonchev–Trinajstić information content (AvgIpc) is 2.32. The first-order valence-corrected chi connectivity index (χ1v) is 7.21. The minimum Gasteiger partial charge on any atom is -0.370 e. The normalized spacial score (nSPS) is 17.4. The molecule has 1 aliphatic carbocycles. The molecular weight excluding hydrogens is 246 g/mol. The van der Waals surface area contributed by atoms with E-state index in [0.717, 1.165) is 30.1 Å². The van der Waals surface area contributed by atoms with Crippen molar-refractivity contribution < 1.29 is 4.74 Å². The molecule has 18 heavy (non-hydrogen) atoms. The molecule has 0 aromatic heterocycles. The molecule has 1 aliphatic rings. The van der Waals surface area contributed by atoms with E-state index in [2.05, 4.69) is 18.3 Å². The van der Waals surface area contributed by atoms with Gasteiger partial charge in [-0.1, -0.05) is 30.7 Å². The number of halogens is 1. The fourth-order valence-electron chi connectivity index (χ4n) is 2.39. The van der Waals surface area contributed by atoms with Gasteiger partial charge in [0.2, 0.25) is 0 Å². The second-order valence-corrected chi connectivity index (χ2v) is 5.50. The van der Waals surface area contributed by atoms with Gasteiger partial charge in [0.1, 0.15) is 0 Å². The first-order chi connectivity index (χ1) is 8.74. The van der Waals surface area contributed by atoms with Gasteiger partial charge in [-0.3, -0.25) is 0 Å². The van der Waals surface area contributed by atoms with E-state index in [4.69, 9.17) is 16.3 Å². The lowest BCUT2D eigenvalue weighted by molar-refractivity contribution is -0.113. The smallest absolute Gasteiger partial charge is 0.0724 e. The maximum atomic E-state index is 6.15. The first-order valence-electron chi connectivity index (χ1n) is 6.83. The Bertz CT molecular complexity index is 377. The summed E-state index contributed by atoms with van der Waals surface area (Å²) < 4.78 is 6.15. The van der Waals surface area contributed by atoms with Gasteiger partial charge in [0, 0.05) is 5.02 Å². The van der Waals surface area contributed by atoms with Crippen LogP contribution in [0.25, 0.3) is 0 Å². The second-order valence-electron chi connectivity index (χ2n) is 5.06. The van der Waals surface area contributed by atoms with Crippen LogP contribution in [-0.2, 0) is 11.3 Å². The molecule has 0 unspecified atom stereocenters. The number of ether oxygens (including phenoxy) is 1. The fraction of sp³-hybridized carbons (Fsp3) is 0.600. The highest BCUT2D eigenvalue weighted by atomic mass is 35.5. The highest BCUT2D eigenvalue weighted by Gasteiger charge is 2.37. The Hall–Kier alpha value is -0.570. The maximum Gasteiger partial charge on any atom is 0.0724 e. The standard InChI is InChI=1S/C15H22ClNO/c1-2-17-10-9-15(7-4-8-15)18-12-13-5-3-6-14(16)11-13/h3,5-6,11,17H,2,4,7-10,12H2,1H3. The van der Waals surface area contributed by atoms with Crippen molar-refractivity contribution in [2.24, 2.45) is 0 Å². The number of nitrogens with one attached hydrogen (secondary N) is 1. The SMILES string of the molecule is CCNCCC1(OCc2cccc(Cl)c2)CCC1. The van der Waals surface area contributed by atoms with Crippen LogP contribution in [0.3, 0.4) is 0 Å². The monoisotopic (exact) mass is 267 g/mol. The first kappa shape index (κ1) is 13.9. The summed E-state index contributed by atoms with van der Waals surface area (Å²) in [7, 11) is 0. The predicted molar refractivity (Wildman–Crippen MR) is 76.0 cm³/mol. The molecule has 0 amide bonds. The van der Waals surface area contributed by atoms with Crippen molar-refractivity contribution in [2.75, 3.05) is 13.1 Å². The maximum absolute atomic E-state index is 6.15. The number of hydrogen-bond donors (Lipinski definition) is 1. The topological polar surface area (TPSA) is 21.3 Å². The molecule has 2 rings (SSSR count). The van der Waals surface area contributed by atoms with Crippen LogP contribution in [0.2, 0.25) is 5.02 Å². The Morgan fingerprint density at radius 3 is 2.83 bits per heavy atom. The molecule has 100 valence electrons. The predicted octanol–water partition coefficient (Wildman–Crippen LogP) is 3.78. The second kappa shape index (κ2) is 6.55. The van der Waals surface area contributed by atoms with Crippen LogP contribution in [0.15, 0.2) is 24.3 Å². The van der Waals surface area contributed by atoms with Crippen LogP contribution >= 0.6 is 11.6 Å². The Balaban J connectivity index is 1.83. The van der Waals surface area contributed by atoms with Gasteiger partial charge in [-0.2, -0.15) is 0 Å². The summed E-state index contributed by atoms with van der Waals surface area (Å²) in [5.74, 6) is 0. The minimum atomic E-state index is 0.116. The largest absolute Gasteiger partial charge is 0.370 e. The summed E-state index contributed by atoms with van der Waals surface area (Å²) in [6, 6.07) is 7.93. The number of benzene rings is 1. The van der Waals surface area contributed by atoms with Crippen molar-refractivity contribution in [3.05, 3.63) is 34.9 Å². The lowest BCUT2D eigenvalue weighted by Crippen LogP contribution is -2.42. The molecule has 2 nitrogen and oxygen atoms in total. The zero-order chi connectivity index (χ0) is 12.8. The molecule has 0 radical (unpaired) electrons. The summed E-state index contributed by atoms with van der Waals surface area (Å²) in [6.45, 7) is 4.89.